The van der Waals surface area contributed by atoms with Crippen LogP contribution in [-0.4, -0.2) is 41.5 Å². The Balaban J connectivity index is 1.72. The number of aromatic hydroxyl groups is 1. The summed E-state index contributed by atoms with van der Waals surface area (Å²) in [4.78, 5) is 38.9. The first-order chi connectivity index (χ1) is 13.9. The van der Waals surface area contributed by atoms with Crippen molar-refractivity contribution in [3.8, 4) is 17.2 Å². The summed E-state index contributed by atoms with van der Waals surface area (Å²) in [5.74, 6) is -0.975. The van der Waals surface area contributed by atoms with Gasteiger partial charge in [0.25, 0.3) is 5.91 Å². The van der Waals surface area contributed by atoms with Crippen LogP contribution in [0, 0.1) is 0 Å². The van der Waals surface area contributed by atoms with Crippen molar-refractivity contribution in [3.63, 3.8) is 0 Å². The summed E-state index contributed by atoms with van der Waals surface area (Å²) in [5.41, 5.74) is 0.419. The second kappa shape index (κ2) is 10.6. The van der Waals surface area contributed by atoms with Crippen molar-refractivity contribution in [2.24, 2.45) is 0 Å². The number of anilines is 1. The first-order valence-electron chi connectivity index (χ1n) is 8.99. The number of benzene rings is 1. The van der Waals surface area contributed by atoms with Gasteiger partial charge in [-0.15, -0.1) is 0 Å². The maximum absolute atomic E-state index is 12.1. The number of ether oxygens (including phenoxy) is 2. The average Bonchev–Trinajstić information content (AvgIpc) is 2.67. The molecule has 0 spiro atoms. The van der Waals surface area contributed by atoms with E-state index in [4.69, 9.17) is 9.47 Å². The van der Waals surface area contributed by atoms with Gasteiger partial charge in [0.1, 0.15) is 5.75 Å². The number of nitrogens with zero attached hydrogens (tertiary/aromatic N) is 1. The van der Waals surface area contributed by atoms with Crippen molar-refractivity contribution in [1.82, 2.24) is 10.3 Å². The second-order valence-corrected chi connectivity index (χ2v) is 6.11. The fourth-order valence-electron chi connectivity index (χ4n) is 2.47. The molecule has 2 aromatic rings. The van der Waals surface area contributed by atoms with Crippen molar-refractivity contribution in [2.45, 2.75) is 26.2 Å². The number of unbranched alkanes of at least 4 members (excludes halogenated alkanes) is 1. The lowest BCUT2D eigenvalue weighted by Crippen LogP contribution is -2.25. The van der Waals surface area contributed by atoms with Crippen molar-refractivity contribution >= 4 is 23.5 Å². The molecule has 0 unspecified atom stereocenters. The Morgan fingerprint density at radius 2 is 1.97 bits per heavy atom. The number of amides is 2. The molecule has 2 amide bonds. The van der Waals surface area contributed by atoms with E-state index in [0.717, 1.165) is 0 Å². The second-order valence-electron chi connectivity index (χ2n) is 6.11. The topological polar surface area (TPSA) is 127 Å². The summed E-state index contributed by atoms with van der Waals surface area (Å²) in [6, 6.07) is 8.00. The van der Waals surface area contributed by atoms with Crippen molar-refractivity contribution < 1.29 is 29.0 Å². The Morgan fingerprint density at radius 3 is 2.69 bits per heavy atom. The fraction of sp³-hybridized carbons (Fsp3) is 0.300. The van der Waals surface area contributed by atoms with Gasteiger partial charge in [-0.2, -0.15) is 0 Å². The zero-order valence-corrected chi connectivity index (χ0v) is 16.2. The quantitative estimate of drug-likeness (QED) is 0.334. The van der Waals surface area contributed by atoms with E-state index in [1.54, 1.807) is 24.3 Å². The molecule has 0 aliphatic heterocycles. The molecular formula is C20H23N3O6. The van der Waals surface area contributed by atoms with Gasteiger partial charge in [-0.05, 0) is 25.0 Å². The third kappa shape index (κ3) is 6.80. The molecule has 0 bridgehead atoms. The van der Waals surface area contributed by atoms with E-state index < -0.39 is 11.9 Å². The van der Waals surface area contributed by atoms with E-state index in [1.165, 1.54) is 26.3 Å². The van der Waals surface area contributed by atoms with E-state index in [2.05, 4.69) is 15.6 Å². The van der Waals surface area contributed by atoms with E-state index >= 15 is 0 Å². The highest BCUT2D eigenvalue weighted by molar-refractivity contribution is 5.95. The van der Waals surface area contributed by atoms with Gasteiger partial charge in [0.05, 0.1) is 7.11 Å². The first-order valence-corrected chi connectivity index (χ1v) is 8.99. The van der Waals surface area contributed by atoms with Crippen molar-refractivity contribution in [2.75, 3.05) is 19.0 Å². The predicted octanol–water partition coefficient (Wildman–Crippen LogP) is 2.26. The highest BCUT2D eigenvalue weighted by atomic mass is 16.5. The van der Waals surface area contributed by atoms with Crippen LogP contribution in [0.25, 0.3) is 0 Å². The molecule has 0 aliphatic carbocycles. The Bertz CT molecular complexity index is 884. The molecule has 0 radical (unpaired) electrons. The van der Waals surface area contributed by atoms with Crippen LogP contribution in [0.4, 0.5) is 5.69 Å². The van der Waals surface area contributed by atoms with E-state index in [1.807, 2.05) is 0 Å². The lowest BCUT2D eigenvalue weighted by atomic mass is 10.2. The molecule has 0 atom stereocenters. The molecule has 9 nitrogen and oxygen atoms in total. The Hall–Kier alpha value is -3.62. The van der Waals surface area contributed by atoms with Crippen LogP contribution in [0.1, 0.15) is 36.7 Å². The molecule has 29 heavy (non-hydrogen) atoms. The van der Waals surface area contributed by atoms with E-state index in [9.17, 15) is 19.5 Å². The van der Waals surface area contributed by atoms with Gasteiger partial charge < -0.3 is 25.2 Å². The van der Waals surface area contributed by atoms with E-state index in [-0.39, 0.29) is 29.5 Å². The lowest BCUT2D eigenvalue weighted by molar-refractivity contribution is -0.134. The zero-order valence-electron chi connectivity index (χ0n) is 16.2. The zero-order chi connectivity index (χ0) is 21.2. The molecule has 0 saturated heterocycles. The molecule has 1 aromatic heterocycles. The van der Waals surface area contributed by atoms with Crippen LogP contribution < -0.4 is 20.1 Å². The number of hydrogen-bond donors (Lipinski definition) is 3. The summed E-state index contributed by atoms with van der Waals surface area (Å²) in [5, 5.41) is 15.2. The third-order valence-electron chi connectivity index (χ3n) is 3.80. The lowest BCUT2D eigenvalue weighted by Gasteiger charge is -2.09. The maximum atomic E-state index is 12.1. The Kier molecular flexibility index (Phi) is 7.96. The van der Waals surface area contributed by atoms with Crippen molar-refractivity contribution in [1.29, 1.82) is 0 Å². The fourth-order valence-corrected chi connectivity index (χ4v) is 2.47. The molecule has 154 valence electrons. The third-order valence-corrected chi connectivity index (χ3v) is 3.80. The highest BCUT2D eigenvalue weighted by Crippen LogP contribution is 2.27. The standard InChI is InChI=1S/C20H23N3O6/c1-13(24)23-14-6-5-7-15(12-14)29-17(25)8-3-4-10-22-20(27)18-19(26)16(28-2)9-11-21-18/h5-7,9,11-12,26H,3-4,8,10H2,1-2H3,(H,22,27)(H,23,24). The first kappa shape index (κ1) is 21.7. The largest absolute Gasteiger partial charge is 0.503 e. The monoisotopic (exact) mass is 401 g/mol. The van der Waals surface area contributed by atoms with Crippen LogP contribution in [0.3, 0.4) is 0 Å². The highest BCUT2D eigenvalue weighted by Gasteiger charge is 2.16. The van der Waals surface area contributed by atoms with Gasteiger partial charge in [0.2, 0.25) is 5.91 Å². The molecule has 0 aliphatic rings. The molecule has 0 saturated carbocycles. The average molecular weight is 401 g/mol. The summed E-state index contributed by atoms with van der Waals surface area (Å²) in [7, 11) is 1.38. The number of nitrogens with one attached hydrogen (secondary N) is 2. The molecule has 3 N–H and O–H groups in total. The van der Waals surface area contributed by atoms with E-state index in [0.29, 0.717) is 30.8 Å². The van der Waals surface area contributed by atoms with Crippen LogP contribution >= 0.6 is 0 Å². The smallest absolute Gasteiger partial charge is 0.311 e. The number of rotatable bonds is 9. The van der Waals surface area contributed by atoms with Gasteiger partial charge in [-0.25, -0.2) is 4.98 Å². The van der Waals surface area contributed by atoms with Crippen LogP contribution in [0.5, 0.6) is 17.2 Å². The molecule has 1 aromatic carbocycles. The van der Waals surface area contributed by atoms with Gasteiger partial charge in [-0.1, -0.05) is 6.07 Å². The van der Waals surface area contributed by atoms with Crippen molar-refractivity contribution in [3.05, 3.63) is 42.2 Å². The molecule has 2 rings (SSSR count). The number of aromatic nitrogens is 1. The van der Waals surface area contributed by atoms with Gasteiger partial charge in [0.15, 0.2) is 17.2 Å². The molecule has 9 heteroatoms. The summed E-state index contributed by atoms with van der Waals surface area (Å²) in [6.07, 6.45) is 2.58. The van der Waals surface area contributed by atoms with Gasteiger partial charge >= 0.3 is 5.97 Å². The summed E-state index contributed by atoms with van der Waals surface area (Å²) < 4.78 is 10.2. The Labute approximate surface area is 168 Å². The number of esters is 1. The number of carbonyl (C=O) groups is 3. The normalized spacial score (nSPS) is 10.1. The minimum Gasteiger partial charge on any atom is -0.503 e. The minimum absolute atomic E-state index is 0.122. The summed E-state index contributed by atoms with van der Waals surface area (Å²) >= 11 is 0. The Morgan fingerprint density at radius 1 is 1.17 bits per heavy atom. The number of carbonyl (C=O) groups excluding carboxylic acids is 3. The van der Waals surface area contributed by atoms with Gasteiger partial charge in [-0.3, -0.25) is 14.4 Å². The SMILES string of the molecule is COc1ccnc(C(=O)NCCCCC(=O)Oc2cccc(NC(C)=O)c2)c1O. The molecule has 1 heterocycles. The van der Waals surface area contributed by atoms with Crippen LogP contribution in [-0.2, 0) is 9.59 Å². The maximum Gasteiger partial charge on any atom is 0.311 e. The summed E-state index contributed by atoms with van der Waals surface area (Å²) in [6.45, 7) is 1.70. The van der Waals surface area contributed by atoms with Crippen LogP contribution in [0.15, 0.2) is 36.5 Å². The molecular weight excluding hydrogens is 378 g/mol. The minimum atomic E-state index is -0.529. The van der Waals surface area contributed by atoms with Crippen LogP contribution in [0.2, 0.25) is 0 Å². The van der Waals surface area contributed by atoms with Gasteiger partial charge in [0, 0.05) is 43.9 Å². The number of methoxy groups -OCH3 is 1. The number of hydrogen-bond acceptors (Lipinski definition) is 7. The molecule has 0 fully saturated rings. The number of pyridine rings is 1. The predicted molar refractivity (Wildman–Crippen MR) is 105 cm³/mol.